The lowest BCUT2D eigenvalue weighted by atomic mass is 9.93. The van der Waals surface area contributed by atoms with Crippen LogP contribution in [0.2, 0.25) is 0 Å². The number of carbonyl (C=O) groups is 1. The summed E-state index contributed by atoms with van der Waals surface area (Å²) in [6.45, 7) is 4.31. The van der Waals surface area contributed by atoms with E-state index in [0.717, 1.165) is 11.3 Å². The van der Waals surface area contributed by atoms with E-state index in [2.05, 4.69) is 21.2 Å². The Balaban J connectivity index is 1.75. The van der Waals surface area contributed by atoms with Crippen LogP contribution in [0.25, 0.3) is 0 Å². The molecule has 6 heteroatoms. The molecule has 2 unspecified atom stereocenters. The fourth-order valence-corrected chi connectivity index (χ4v) is 3.10. The fraction of sp³-hybridized carbons (Fsp3) is 0.333. The minimum atomic E-state index is -0.400. The average Bonchev–Trinajstić information content (AvgIpc) is 3.05. The largest absolute Gasteiger partial charge is 0.348 e. The van der Waals surface area contributed by atoms with Gasteiger partial charge in [-0.3, -0.25) is 15.2 Å². The molecule has 1 aliphatic rings. The van der Waals surface area contributed by atoms with Gasteiger partial charge in [-0.1, -0.05) is 24.3 Å². The molecular weight excluding hydrogens is 307 g/mol. The molecule has 24 heavy (non-hydrogen) atoms. The van der Waals surface area contributed by atoms with Crippen LogP contribution in [0.3, 0.4) is 0 Å². The average molecular weight is 328 g/mol. The van der Waals surface area contributed by atoms with Crippen LogP contribution in [-0.4, -0.2) is 17.4 Å². The maximum absolute atomic E-state index is 14.0. The Hall–Kier alpha value is -2.31. The molecule has 1 saturated heterocycles. The fourth-order valence-electron chi connectivity index (χ4n) is 3.10. The summed E-state index contributed by atoms with van der Waals surface area (Å²) in [5.41, 5.74) is 8.32. The van der Waals surface area contributed by atoms with Gasteiger partial charge >= 0.3 is 0 Å². The summed E-state index contributed by atoms with van der Waals surface area (Å²) in [5, 5.41) is 2.99. The summed E-state index contributed by atoms with van der Waals surface area (Å²) in [7, 11) is 0. The minimum absolute atomic E-state index is 0.127. The van der Waals surface area contributed by atoms with Crippen molar-refractivity contribution in [1.82, 2.24) is 21.2 Å². The first-order valence-electron chi connectivity index (χ1n) is 8.02. The standard InChI is InChI=1S/C18H21FN4O/c1-11-6-5-9-20-16(11)12(2)22-18(24)14-10-21-23-17(14)13-7-3-4-8-15(13)19/h3-9,12,14,17,21,23H,10H2,1-2H3,(H,22,24)/t12-,14?,17?/m0/s1. The summed E-state index contributed by atoms with van der Waals surface area (Å²) >= 11 is 0. The second kappa shape index (κ2) is 7.07. The quantitative estimate of drug-likeness (QED) is 0.805. The number of hydrogen-bond acceptors (Lipinski definition) is 4. The van der Waals surface area contributed by atoms with Crippen LogP contribution in [0.4, 0.5) is 4.39 Å². The van der Waals surface area contributed by atoms with E-state index in [9.17, 15) is 9.18 Å². The highest BCUT2D eigenvalue weighted by atomic mass is 19.1. The van der Waals surface area contributed by atoms with Gasteiger partial charge in [0.1, 0.15) is 5.82 Å². The third-order valence-corrected chi connectivity index (χ3v) is 4.38. The van der Waals surface area contributed by atoms with Crippen molar-refractivity contribution in [3.8, 4) is 0 Å². The number of pyridine rings is 1. The van der Waals surface area contributed by atoms with Crippen molar-refractivity contribution >= 4 is 5.91 Å². The second-order valence-electron chi connectivity index (χ2n) is 6.07. The lowest BCUT2D eigenvalue weighted by molar-refractivity contribution is -0.125. The number of hydrazine groups is 1. The van der Waals surface area contributed by atoms with Gasteiger partial charge in [0, 0.05) is 18.3 Å². The van der Waals surface area contributed by atoms with Gasteiger partial charge in [0.15, 0.2) is 0 Å². The van der Waals surface area contributed by atoms with Crippen molar-refractivity contribution in [2.45, 2.75) is 25.9 Å². The normalized spacial score (nSPS) is 21.5. The summed E-state index contributed by atoms with van der Waals surface area (Å²) in [6, 6.07) is 9.74. The number of benzene rings is 1. The number of aryl methyl sites for hydroxylation is 1. The van der Waals surface area contributed by atoms with Crippen molar-refractivity contribution in [1.29, 1.82) is 0 Å². The van der Waals surface area contributed by atoms with E-state index in [4.69, 9.17) is 0 Å². The van der Waals surface area contributed by atoms with Crippen LogP contribution >= 0.6 is 0 Å². The molecule has 2 aromatic rings. The van der Waals surface area contributed by atoms with Gasteiger partial charge in [0.05, 0.1) is 23.7 Å². The zero-order chi connectivity index (χ0) is 17.1. The molecule has 0 spiro atoms. The van der Waals surface area contributed by atoms with Gasteiger partial charge in [0.25, 0.3) is 0 Å². The van der Waals surface area contributed by atoms with Crippen molar-refractivity contribution < 1.29 is 9.18 Å². The van der Waals surface area contributed by atoms with E-state index >= 15 is 0 Å². The predicted octanol–water partition coefficient (Wildman–Crippen LogP) is 2.17. The monoisotopic (exact) mass is 328 g/mol. The first-order chi connectivity index (χ1) is 11.6. The van der Waals surface area contributed by atoms with Crippen LogP contribution in [0, 0.1) is 18.7 Å². The van der Waals surface area contributed by atoms with E-state index in [0.29, 0.717) is 12.1 Å². The van der Waals surface area contributed by atoms with E-state index < -0.39 is 12.0 Å². The number of nitrogens with one attached hydrogen (secondary N) is 3. The Bertz CT molecular complexity index is 736. The molecule has 0 saturated carbocycles. The summed E-state index contributed by atoms with van der Waals surface area (Å²) < 4.78 is 14.0. The molecule has 0 radical (unpaired) electrons. The minimum Gasteiger partial charge on any atom is -0.348 e. The van der Waals surface area contributed by atoms with E-state index in [1.165, 1.54) is 6.07 Å². The molecule has 3 rings (SSSR count). The SMILES string of the molecule is Cc1cccnc1[C@H](C)NC(=O)C1CNNC1c1ccccc1F. The summed E-state index contributed by atoms with van der Waals surface area (Å²) in [6.07, 6.45) is 1.71. The molecule has 1 aliphatic heterocycles. The van der Waals surface area contributed by atoms with Crippen LogP contribution < -0.4 is 16.2 Å². The zero-order valence-electron chi connectivity index (χ0n) is 13.7. The Morgan fingerprint density at radius 2 is 2.12 bits per heavy atom. The number of carbonyl (C=O) groups excluding carboxylic acids is 1. The highest BCUT2D eigenvalue weighted by Gasteiger charge is 2.36. The number of halogens is 1. The van der Waals surface area contributed by atoms with E-state index in [1.54, 1.807) is 24.4 Å². The highest BCUT2D eigenvalue weighted by molar-refractivity contribution is 5.80. The number of aromatic nitrogens is 1. The van der Waals surface area contributed by atoms with E-state index in [1.807, 2.05) is 26.0 Å². The number of rotatable bonds is 4. The maximum atomic E-state index is 14.0. The Kier molecular flexibility index (Phi) is 4.87. The molecule has 1 aromatic heterocycles. The molecule has 3 atom stereocenters. The third kappa shape index (κ3) is 3.29. The molecule has 1 amide bonds. The van der Waals surface area contributed by atoms with Gasteiger partial charge in [-0.25, -0.2) is 9.82 Å². The predicted molar refractivity (Wildman–Crippen MR) is 89.3 cm³/mol. The van der Waals surface area contributed by atoms with Gasteiger partial charge < -0.3 is 5.32 Å². The third-order valence-electron chi connectivity index (χ3n) is 4.38. The lowest BCUT2D eigenvalue weighted by Gasteiger charge is -2.22. The molecule has 0 aliphatic carbocycles. The molecule has 1 fully saturated rings. The highest BCUT2D eigenvalue weighted by Crippen LogP contribution is 2.27. The molecule has 3 N–H and O–H groups in total. The smallest absolute Gasteiger partial charge is 0.226 e. The zero-order valence-corrected chi connectivity index (χ0v) is 13.7. The van der Waals surface area contributed by atoms with Gasteiger partial charge in [-0.2, -0.15) is 0 Å². The Labute approximate surface area is 140 Å². The second-order valence-corrected chi connectivity index (χ2v) is 6.07. The Morgan fingerprint density at radius 1 is 1.33 bits per heavy atom. The van der Waals surface area contributed by atoms with Crippen LogP contribution in [0.5, 0.6) is 0 Å². The Morgan fingerprint density at radius 3 is 2.88 bits per heavy atom. The van der Waals surface area contributed by atoms with Crippen LogP contribution in [0.15, 0.2) is 42.6 Å². The van der Waals surface area contributed by atoms with Gasteiger partial charge in [-0.15, -0.1) is 0 Å². The van der Waals surface area contributed by atoms with Crippen LogP contribution in [-0.2, 0) is 4.79 Å². The number of amides is 1. The van der Waals surface area contributed by atoms with Crippen molar-refractivity contribution in [2.24, 2.45) is 5.92 Å². The van der Waals surface area contributed by atoms with Crippen molar-refractivity contribution in [3.63, 3.8) is 0 Å². The van der Waals surface area contributed by atoms with Crippen molar-refractivity contribution in [2.75, 3.05) is 6.54 Å². The first-order valence-corrected chi connectivity index (χ1v) is 8.02. The molecule has 5 nitrogen and oxygen atoms in total. The van der Waals surface area contributed by atoms with Gasteiger partial charge in [-0.05, 0) is 31.5 Å². The summed E-state index contributed by atoms with van der Waals surface area (Å²) in [4.78, 5) is 17.0. The molecule has 126 valence electrons. The molecular formula is C18H21FN4O. The topological polar surface area (TPSA) is 66.0 Å². The number of nitrogens with zero attached hydrogens (tertiary/aromatic N) is 1. The molecule has 2 heterocycles. The lowest BCUT2D eigenvalue weighted by Crippen LogP contribution is -2.37. The summed E-state index contributed by atoms with van der Waals surface area (Å²) in [5.74, 6) is -0.836. The molecule has 1 aromatic carbocycles. The molecule has 0 bridgehead atoms. The van der Waals surface area contributed by atoms with Crippen molar-refractivity contribution in [3.05, 3.63) is 65.2 Å². The maximum Gasteiger partial charge on any atom is 0.226 e. The van der Waals surface area contributed by atoms with Gasteiger partial charge in [0.2, 0.25) is 5.91 Å². The first kappa shape index (κ1) is 16.5. The van der Waals surface area contributed by atoms with E-state index in [-0.39, 0.29) is 17.8 Å². The number of hydrogen-bond donors (Lipinski definition) is 3. The van der Waals surface area contributed by atoms with Crippen LogP contribution in [0.1, 0.15) is 35.8 Å².